The third-order valence-electron chi connectivity index (χ3n) is 4.94. The van der Waals surface area contributed by atoms with Crippen LogP contribution in [0, 0.1) is 5.82 Å². The van der Waals surface area contributed by atoms with Crippen molar-refractivity contribution in [1.82, 2.24) is 9.88 Å². The summed E-state index contributed by atoms with van der Waals surface area (Å²) >= 11 is 12.1. The first-order valence-electron chi connectivity index (χ1n) is 9.34. The number of fused-ring (bicyclic) bond motifs is 3. The van der Waals surface area contributed by atoms with Crippen LogP contribution in [0.4, 0.5) is 4.39 Å². The first-order chi connectivity index (χ1) is 14.4. The molecule has 30 heavy (non-hydrogen) atoms. The van der Waals surface area contributed by atoms with Crippen molar-refractivity contribution in [2.24, 2.45) is 0 Å². The second-order valence-corrected chi connectivity index (χ2v) is 7.65. The number of esters is 1. The number of nitrogens with one attached hydrogen (secondary N) is 1. The molecule has 5 nitrogen and oxygen atoms in total. The van der Waals surface area contributed by atoms with E-state index in [1.165, 1.54) is 29.3 Å². The van der Waals surface area contributed by atoms with Crippen LogP contribution in [0.3, 0.4) is 0 Å². The predicted molar refractivity (Wildman–Crippen MR) is 114 cm³/mol. The zero-order valence-corrected chi connectivity index (χ0v) is 17.5. The van der Waals surface area contributed by atoms with Crippen molar-refractivity contribution < 1.29 is 18.7 Å². The highest BCUT2D eigenvalue weighted by Crippen LogP contribution is 2.33. The molecule has 0 fully saturated rings. The number of aromatic nitrogens is 1. The molecule has 0 spiro atoms. The fourth-order valence-corrected chi connectivity index (χ4v) is 4.07. The van der Waals surface area contributed by atoms with Crippen molar-refractivity contribution in [3.8, 4) is 0 Å². The van der Waals surface area contributed by atoms with Crippen LogP contribution < -0.4 is 0 Å². The fraction of sp³-hybridized carbons (Fsp3) is 0.182. The van der Waals surface area contributed by atoms with E-state index in [1.807, 2.05) is 0 Å². The van der Waals surface area contributed by atoms with Gasteiger partial charge in [-0.2, -0.15) is 0 Å². The summed E-state index contributed by atoms with van der Waals surface area (Å²) in [5.41, 5.74) is 2.39. The molecule has 0 unspecified atom stereocenters. The lowest BCUT2D eigenvalue weighted by Gasteiger charge is -2.18. The number of hydrogen-bond acceptors (Lipinski definition) is 3. The van der Waals surface area contributed by atoms with Crippen molar-refractivity contribution in [2.75, 3.05) is 13.2 Å². The molecule has 0 bridgehead atoms. The standard InChI is InChI=1S/C22H17Cl2FN2O3/c1-2-30-22(29)17-11-27(21(28)16-5-3-12(23)9-18(16)24)8-7-15-14-6-4-13(25)10-19(14)26-20(15)17/h3-6,9-11,26H,2,7-8H2,1H3. The van der Waals surface area contributed by atoms with Gasteiger partial charge in [0.05, 0.1) is 28.5 Å². The molecule has 1 amide bonds. The van der Waals surface area contributed by atoms with Crippen molar-refractivity contribution in [2.45, 2.75) is 13.3 Å². The normalized spacial score (nSPS) is 13.6. The van der Waals surface area contributed by atoms with Crippen LogP contribution in [0.25, 0.3) is 16.5 Å². The number of nitrogens with zero attached hydrogens (tertiary/aromatic N) is 1. The number of halogens is 3. The molecule has 0 aliphatic carbocycles. The van der Waals surface area contributed by atoms with Gasteiger partial charge < -0.3 is 14.6 Å². The van der Waals surface area contributed by atoms with Crippen LogP contribution in [-0.4, -0.2) is 34.9 Å². The van der Waals surface area contributed by atoms with Gasteiger partial charge in [0.25, 0.3) is 5.91 Å². The zero-order chi connectivity index (χ0) is 21.4. The molecule has 2 heterocycles. The molecule has 4 rings (SSSR count). The summed E-state index contributed by atoms with van der Waals surface area (Å²) in [5.74, 6) is -1.32. The topological polar surface area (TPSA) is 62.4 Å². The molecule has 1 aromatic heterocycles. The summed E-state index contributed by atoms with van der Waals surface area (Å²) < 4.78 is 18.9. The highest BCUT2D eigenvalue weighted by atomic mass is 35.5. The summed E-state index contributed by atoms with van der Waals surface area (Å²) in [4.78, 5) is 30.4. The Morgan fingerprint density at radius 2 is 2.00 bits per heavy atom. The molecule has 1 aliphatic heterocycles. The molecule has 3 aromatic rings. The number of amides is 1. The molecule has 2 aromatic carbocycles. The van der Waals surface area contributed by atoms with Gasteiger partial charge in [-0.1, -0.05) is 23.2 Å². The van der Waals surface area contributed by atoms with Crippen LogP contribution in [0.2, 0.25) is 10.0 Å². The Hall–Kier alpha value is -2.83. The van der Waals surface area contributed by atoms with Crippen LogP contribution in [0.1, 0.15) is 28.5 Å². The SMILES string of the molecule is CCOC(=O)C1=CN(C(=O)c2ccc(Cl)cc2Cl)CCc2c1[nH]c1cc(F)ccc21. The summed E-state index contributed by atoms with van der Waals surface area (Å²) in [6.07, 6.45) is 1.92. The smallest absolute Gasteiger partial charge is 0.341 e. The third kappa shape index (κ3) is 3.68. The first-order valence-corrected chi connectivity index (χ1v) is 10.1. The van der Waals surface area contributed by atoms with E-state index in [0.717, 1.165) is 10.9 Å². The zero-order valence-electron chi connectivity index (χ0n) is 16.0. The Labute approximate surface area is 182 Å². The van der Waals surface area contributed by atoms with Crippen LogP contribution in [-0.2, 0) is 16.0 Å². The number of benzene rings is 2. The van der Waals surface area contributed by atoms with Gasteiger partial charge in [0.2, 0.25) is 0 Å². The predicted octanol–water partition coefficient (Wildman–Crippen LogP) is 5.22. The van der Waals surface area contributed by atoms with Gasteiger partial charge in [0.1, 0.15) is 5.82 Å². The maximum Gasteiger partial charge on any atom is 0.341 e. The fourth-order valence-electron chi connectivity index (χ4n) is 3.58. The van der Waals surface area contributed by atoms with Gasteiger partial charge >= 0.3 is 5.97 Å². The number of ether oxygens (including phenoxy) is 1. The molecular formula is C22H17Cl2FN2O3. The molecule has 1 aliphatic rings. The largest absolute Gasteiger partial charge is 0.462 e. The lowest BCUT2D eigenvalue weighted by atomic mass is 10.0. The van der Waals surface area contributed by atoms with Gasteiger partial charge in [-0.15, -0.1) is 0 Å². The molecule has 0 saturated heterocycles. The Bertz CT molecular complexity index is 1200. The summed E-state index contributed by atoms with van der Waals surface area (Å²) in [6, 6.07) is 9.03. The first kappa shape index (κ1) is 20.4. The molecule has 0 radical (unpaired) electrons. The van der Waals surface area contributed by atoms with E-state index < -0.39 is 5.97 Å². The van der Waals surface area contributed by atoms with Gasteiger partial charge in [-0.05, 0) is 55.3 Å². The van der Waals surface area contributed by atoms with Gasteiger partial charge in [0, 0.05) is 28.7 Å². The number of carbonyl (C=O) groups is 2. The van der Waals surface area contributed by atoms with E-state index in [-0.39, 0.29) is 34.5 Å². The second kappa shape index (κ2) is 8.13. The Balaban J connectivity index is 1.81. The molecule has 154 valence electrons. The molecule has 0 atom stereocenters. The van der Waals surface area contributed by atoms with Crippen LogP contribution >= 0.6 is 23.2 Å². The van der Waals surface area contributed by atoms with E-state index in [1.54, 1.807) is 25.1 Å². The minimum Gasteiger partial charge on any atom is -0.462 e. The van der Waals surface area contributed by atoms with E-state index >= 15 is 0 Å². The van der Waals surface area contributed by atoms with E-state index in [4.69, 9.17) is 27.9 Å². The Morgan fingerprint density at radius 3 is 2.73 bits per heavy atom. The number of aromatic amines is 1. The maximum atomic E-state index is 13.7. The average Bonchev–Trinajstić information content (AvgIpc) is 2.93. The van der Waals surface area contributed by atoms with E-state index in [0.29, 0.717) is 29.2 Å². The van der Waals surface area contributed by atoms with Crippen molar-refractivity contribution in [1.29, 1.82) is 0 Å². The highest BCUT2D eigenvalue weighted by molar-refractivity contribution is 6.36. The number of carbonyl (C=O) groups excluding carboxylic acids is 2. The number of rotatable bonds is 3. The minimum atomic E-state index is -0.576. The molecule has 8 heteroatoms. The minimum absolute atomic E-state index is 0.178. The van der Waals surface area contributed by atoms with Crippen molar-refractivity contribution in [3.05, 3.63) is 75.3 Å². The number of hydrogen-bond donors (Lipinski definition) is 1. The Kier molecular flexibility index (Phi) is 5.54. The van der Waals surface area contributed by atoms with Crippen LogP contribution in [0.5, 0.6) is 0 Å². The summed E-state index contributed by atoms with van der Waals surface area (Å²) in [5, 5.41) is 1.44. The third-order valence-corrected chi connectivity index (χ3v) is 5.49. The molecular weight excluding hydrogens is 430 g/mol. The lowest BCUT2D eigenvalue weighted by Crippen LogP contribution is -2.28. The van der Waals surface area contributed by atoms with Crippen molar-refractivity contribution in [3.63, 3.8) is 0 Å². The van der Waals surface area contributed by atoms with Gasteiger partial charge in [-0.25, -0.2) is 9.18 Å². The highest BCUT2D eigenvalue weighted by Gasteiger charge is 2.28. The summed E-state index contributed by atoms with van der Waals surface area (Å²) in [6.45, 7) is 2.18. The van der Waals surface area contributed by atoms with E-state index in [9.17, 15) is 14.0 Å². The van der Waals surface area contributed by atoms with Crippen molar-refractivity contribution >= 4 is 51.6 Å². The molecule has 0 saturated carbocycles. The lowest BCUT2D eigenvalue weighted by molar-refractivity contribution is -0.136. The molecule has 1 N–H and O–H groups in total. The van der Waals surface area contributed by atoms with E-state index in [2.05, 4.69) is 4.98 Å². The number of H-pyrrole nitrogens is 1. The second-order valence-electron chi connectivity index (χ2n) is 6.80. The quantitative estimate of drug-likeness (QED) is 0.561. The Morgan fingerprint density at radius 1 is 1.20 bits per heavy atom. The monoisotopic (exact) mass is 446 g/mol. The summed E-state index contributed by atoms with van der Waals surface area (Å²) in [7, 11) is 0. The van der Waals surface area contributed by atoms with Gasteiger partial charge in [-0.3, -0.25) is 4.79 Å². The van der Waals surface area contributed by atoms with Crippen LogP contribution in [0.15, 0.2) is 42.6 Å². The average molecular weight is 447 g/mol. The van der Waals surface area contributed by atoms with Gasteiger partial charge in [0.15, 0.2) is 0 Å². The maximum absolute atomic E-state index is 13.7.